The number of ether oxygens (including phenoxy) is 2. The van der Waals surface area contributed by atoms with Gasteiger partial charge in [-0.15, -0.1) is 0 Å². The second-order valence-corrected chi connectivity index (χ2v) is 8.12. The lowest BCUT2D eigenvalue weighted by atomic mass is 9.93. The maximum Gasteiger partial charge on any atom is 0.256 e. The number of nitrogens with zero attached hydrogens (tertiary/aromatic N) is 1. The molecule has 1 aliphatic rings. The molecule has 0 aliphatic carbocycles. The number of anilines is 1. The average Bonchev–Trinajstić information content (AvgIpc) is 2.66. The standard InChI is InChI=1S/C22H36N2O3/c1-18(2)17-22(3,26-4)21(25)23-19-9-11-20(12-10-19)27-16-8-15-24-13-6-5-7-14-24/h9-12,18H,5-8,13-17H2,1-4H3,(H,23,25)/t22-/m0/s1. The zero-order valence-corrected chi connectivity index (χ0v) is 17.4. The lowest BCUT2D eigenvalue weighted by molar-refractivity contribution is -0.137. The molecule has 2 rings (SSSR count). The van der Waals surface area contributed by atoms with E-state index < -0.39 is 5.60 Å². The Morgan fingerprint density at radius 3 is 2.44 bits per heavy atom. The van der Waals surface area contributed by atoms with Gasteiger partial charge in [-0.1, -0.05) is 20.3 Å². The van der Waals surface area contributed by atoms with Crippen LogP contribution in [0.5, 0.6) is 5.75 Å². The Morgan fingerprint density at radius 1 is 1.19 bits per heavy atom. The lowest BCUT2D eigenvalue weighted by Gasteiger charge is -2.28. The maximum absolute atomic E-state index is 12.6. The normalized spacial score (nSPS) is 17.5. The maximum atomic E-state index is 12.6. The number of nitrogens with one attached hydrogen (secondary N) is 1. The molecule has 1 fully saturated rings. The number of amides is 1. The van der Waals surface area contributed by atoms with Crippen LogP contribution in [-0.2, 0) is 9.53 Å². The molecule has 1 heterocycles. The van der Waals surface area contributed by atoms with Crippen molar-refractivity contribution in [2.75, 3.05) is 38.7 Å². The Morgan fingerprint density at radius 2 is 1.85 bits per heavy atom. The van der Waals surface area contributed by atoms with E-state index in [-0.39, 0.29) is 5.91 Å². The molecule has 0 unspecified atom stereocenters. The van der Waals surface area contributed by atoms with E-state index in [0.717, 1.165) is 31.0 Å². The first-order valence-corrected chi connectivity index (χ1v) is 10.2. The Bertz CT molecular complexity index is 567. The number of carbonyl (C=O) groups excluding carboxylic acids is 1. The van der Waals surface area contributed by atoms with Crippen LogP contribution < -0.4 is 10.1 Å². The summed E-state index contributed by atoms with van der Waals surface area (Å²) >= 11 is 0. The summed E-state index contributed by atoms with van der Waals surface area (Å²) in [5.41, 5.74) is -0.0645. The molecule has 1 N–H and O–H groups in total. The monoisotopic (exact) mass is 376 g/mol. The summed E-state index contributed by atoms with van der Waals surface area (Å²) in [6.45, 7) is 10.3. The third-order valence-corrected chi connectivity index (χ3v) is 5.18. The molecule has 0 bridgehead atoms. The van der Waals surface area contributed by atoms with Crippen molar-refractivity contribution in [3.8, 4) is 5.75 Å². The number of likely N-dealkylation sites (tertiary alicyclic amines) is 1. The largest absolute Gasteiger partial charge is 0.494 e. The fraction of sp³-hybridized carbons (Fsp3) is 0.682. The van der Waals surface area contributed by atoms with E-state index in [1.165, 1.54) is 32.4 Å². The number of hydrogen-bond acceptors (Lipinski definition) is 4. The predicted molar refractivity (Wildman–Crippen MR) is 110 cm³/mol. The molecule has 1 saturated heterocycles. The van der Waals surface area contributed by atoms with Crippen LogP contribution in [0.15, 0.2) is 24.3 Å². The number of hydrogen-bond donors (Lipinski definition) is 1. The van der Waals surface area contributed by atoms with Gasteiger partial charge in [-0.25, -0.2) is 0 Å². The van der Waals surface area contributed by atoms with Crippen molar-refractivity contribution < 1.29 is 14.3 Å². The van der Waals surface area contributed by atoms with Crippen LogP contribution in [0.4, 0.5) is 5.69 Å². The van der Waals surface area contributed by atoms with Crippen LogP contribution in [0.3, 0.4) is 0 Å². The fourth-order valence-electron chi connectivity index (χ4n) is 3.61. The summed E-state index contributed by atoms with van der Waals surface area (Å²) in [7, 11) is 1.59. The van der Waals surface area contributed by atoms with E-state index in [1.807, 2.05) is 31.2 Å². The van der Waals surface area contributed by atoms with Crippen LogP contribution in [0.2, 0.25) is 0 Å². The van der Waals surface area contributed by atoms with Crippen molar-refractivity contribution in [3.63, 3.8) is 0 Å². The first-order chi connectivity index (χ1) is 12.9. The molecule has 1 atom stereocenters. The highest BCUT2D eigenvalue weighted by atomic mass is 16.5. The lowest BCUT2D eigenvalue weighted by Crippen LogP contribution is -2.43. The molecule has 152 valence electrons. The summed E-state index contributed by atoms with van der Waals surface area (Å²) in [6.07, 6.45) is 5.74. The summed E-state index contributed by atoms with van der Waals surface area (Å²) in [6, 6.07) is 7.57. The van der Waals surface area contributed by atoms with Crippen molar-refractivity contribution in [1.82, 2.24) is 4.90 Å². The molecule has 5 heteroatoms. The molecular weight excluding hydrogens is 340 g/mol. The zero-order chi connectivity index (χ0) is 19.7. The summed E-state index contributed by atoms with van der Waals surface area (Å²) in [4.78, 5) is 15.1. The number of rotatable bonds is 10. The van der Waals surface area contributed by atoms with Crippen molar-refractivity contribution in [2.45, 2.75) is 58.5 Å². The Kier molecular flexibility index (Phi) is 8.58. The van der Waals surface area contributed by atoms with Crippen LogP contribution in [0.1, 0.15) is 52.9 Å². The van der Waals surface area contributed by atoms with E-state index in [0.29, 0.717) is 12.3 Å². The first-order valence-electron chi connectivity index (χ1n) is 10.2. The average molecular weight is 377 g/mol. The molecule has 0 radical (unpaired) electrons. The van der Waals surface area contributed by atoms with Gasteiger partial charge in [0.05, 0.1) is 6.61 Å². The van der Waals surface area contributed by atoms with Crippen molar-refractivity contribution >= 4 is 11.6 Å². The molecule has 0 aromatic heterocycles. The minimum absolute atomic E-state index is 0.117. The molecule has 1 aromatic carbocycles. The number of carbonyl (C=O) groups is 1. The van der Waals surface area contributed by atoms with Crippen LogP contribution in [-0.4, -0.2) is 49.8 Å². The minimum atomic E-state index is -0.822. The van der Waals surface area contributed by atoms with Gasteiger partial charge in [0, 0.05) is 19.3 Å². The summed E-state index contributed by atoms with van der Waals surface area (Å²) in [5.74, 6) is 1.10. The van der Waals surface area contributed by atoms with E-state index in [2.05, 4.69) is 24.1 Å². The van der Waals surface area contributed by atoms with Gasteiger partial charge in [0.15, 0.2) is 0 Å². The van der Waals surface area contributed by atoms with Gasteiger partial charge in [0.1, 0.15) is 11.4 Å². The second-order valence-electron chi connectivity index (χ2n) is 8.12. The molecular formula is C22H36N2O3. The van der Waals surface area contributed by atoms with Crippen molar-refractivity contribution in [2.24, 2.45) is 5.92 Å². The zero-order valence-electron chi connectivity index (χ0n) is 17.4. The van der Waals surface area contributed by atoms with Gasteiger partial charge >= 0.3 is 0 Å². The van der Waals surface area contributed by atoms with Crippen LogP contribution >= 0.6 is 0 Å². The summed E-state index contributed by atoms with van der Waals surface area (Å²) < 4.78 is 11.3. The second kappa shape index (κ2) is 10.7. The number of methoxy groups -OCH3 is 1. The third-order valence-electron chi connectivity index (χ3n) is 5.18. The van der Waals surface area contributed by atoms with Crippen molar-refractivity contribution in [3.05, 3.63) is 24.3 Å². The molecule has 1 amide bonds. The first kappa shape index (κ1) is 21.7. The van der Waals surface area contributed by atoms with E-state index in [9.17, 15) is 4.79 Å². The van der Waals surface area contributed by atoms with Crippen LogP contribution in [0.25, 0.3) is 0 Å². The van der Waals surface area contributed by atoms with Gasteiger partial charge in [-0.05, 0) is 75.9 Å². The topological polar surface area (TPSA) is 50.8 Å². The van der Waals surface area contributed by atoms with Gasteiger partial charge in [0.25, 0.3) is 5.91 Å². The van der Waals surface area contributed by atoms with E-state index in [1.54, 1.807) is 7.11 Å². The highest BCUT2D eigenvalue weighted by molar-refractivity contribution is 5.97. The molecule has 5 nitrogen and oxygen atoms in total. The minimum Gasteiger partial charge on any atom is -0.494 e. The highest BCUT2D eigenvalue weighted by Crippen LogP contribution is 2.23. The van der Waals surface area contributed by atoms with Crippen molar-refractivity contribution in [1.29, 1.82) is 0 Å². The van der Waals surface area contributed by atoms with Gasteiger partial charge in [-0.3, -0.25) is 4.79 Å². The SMILES string of the molecule is CO[C@@](C)(CC(C)C)C(=O)Nc1ccc(OCCCN2CCCCC2)cc1. The molecule has 0 spiro atoms. The number of benzene rings is 1. The van der Waals surface area contributed by atoms with Gasteiger partial charge in [-0.2, -0.15) is 0 Å². The Labute approximate surface area is 164 Å². The van der Waals surface area contributed by atoms with E-state index >= 15 is 0 Å². The fourth-order valence-corrected chi connectivity index (χ4v) is 3.61. The van der Waals surface area contributed by atoms with Crippen LogP contribution in [0, 0.1) is 5.92 Å². The number of piperidine rings is 1. The molecule has 0 saturated carbocycles. The third kappa shape index (κ3) is 7.15. The van der Waals surface area contributed by atoms with Gasteiger partial charge < -0.3 is 19.7 Å². The smallest absolute Gasteiger partial charge is 0.256 e. The highest BCUT2D eigenvalue weighted by Gasteiger charge is 2.33. The quantitative estimate of drug-likeness (QED) is 0.618. The Balaban J connectivity index is 1.76. The van der Waals surface area contributed by atoms with E-state index in [4.69, 9.17) is 9.47 Å². The summed E-state index contributed by atoms with van der Waals surface area (Å²) in [5, 5.41) is 2.95. The van der Waals surface area contributed by atoms with Gasteiger partial charge in [0.2, 0.25) is 0 Å². The molecule has 1 aromatic rings. The predicted octanol–water partition coefficient (Wildman–Crippen LogP) is 4.33. The molecule has 27 heavy (non-hydrogen) atoms. The Hall–Kier alpha value is -1.59. The molecule has 1 aliphatic heterocycles.